The largest absolute Gasteiger partial charge is 0.350 e. The lowest BCUT2D eigenvalue weighted by atomic mass is 10.1. The fourth-order valence-electron chi connectivity index (χ4n) is 1.40. The van der Waals surface area contributed by atoms with Crippen LogP contribution in [-0.4, -0.2) is 16.6 Å². The molecule has 3 N–H and O–H groups in total. The van der Waals surface area contributed by atoms with Crippen LogP contribution < -0.4 is 11.2 Å². The number of hydrazone groups is 1. The lowest BCUT2D eigenvalue weighted by Crippen LogP contribution is -2.24. The van der Waals surface area contributed by atoms with E-state index in [0.717, 1.165) is 21.7 Å². The van der Waals surface area contributed by atoms with Crippen molar-refractivity contribution in [3.63, 3.8) is 0 Å². The second-order valence-electron chi connectivity index (χ2n) is 3.69. The van der Waals surface area contributed by atoms with E-state index in [1.165, 1.54) is 17.7 Å². The molecular formula is C12H12N4OS. The van der Waals surface area contributed by atoms with Gasteiger partial charge in [-0.25, -0.2) is 10.2 Å². The van der Waals surface area contributed by atoms with Crippen molar-refractivity contribution in [3.05, 3.63) is 41.6 Å². The number of aryl methyl sites for hydroxylation is 1. The summed E-state index contributed by atoms with van der Waals surface area (Å²) >= 11 is 1.47. The Kier molecular flexibility index (Phi) is 3.69. The molecule has 0 aliphatic carbocycles. The Bertz CT molecular complexity index is 574. The first-order valence-corrected chi connectivity index (χ1v) is 6.05. The summed E-state index contributed by atoms with van der Waals surface area (Å²) in [6.45, 7) is 1.97. The molecule has 1 aromatic heterocycles. The van der Waals surface area contributed by atoms with Gasteiger partial charge in [-0.1, -0.05) is 24.3 Å². The van der Waals surface area contributed by atoms with Gasteiger partial charge in [0.2, 0.25) is 0 Å². The molecule has 5 nitrogen and oxygen atoms in total. The molecule has 0 radical (unpaired) electrons. The smallest absolute Gasteiger partial charge is 0.332 e. The van der Waals surface area contributed by atoms with Gasteiger partial charge < -0.3 is 5.73 Å². The van der Waals surface area contributed by atoms with E-state index in [1.54, 1.807) is 0 Å². The number of hydrogen-bond donors (Lipinski definition) is 2. The number of carbonyl (C=O) groups is 1. The highest BCUT2D eigenvalue weighted by Gasteiger charge is 2.01. The summed E-state index contributed by atoms with van der Waals surface area (Å²) in [5.74, 6) is 0. The van der Waals surface area contributed by atoms with Gasteiger partial charge in [0.05, 0.1) is 16.8 Å². The average Bonchev–Trinajstić information content (AvgIpc) is 2.76. The molecule has 0 saturated heterocycles. The van der Waals surface area contributed by atoms with E-state index in [0.29, 0.717) is 0 Å². The molecule has 0 fully saturated rings. The Hall–Kier alpha value is -2.21. The zero-order chi connectivity index (χ0) is 13.0. The van der Waals surface area contributed by atoms with Gasteiger partial charge in [-0.2, -0.15) is 9.47 Å². The molecule has 92 valence electrons. The summed E-state index contributed by atoms with van der Waals surface area (Å²) in [4.78, 5) is 11.6. The van der Waals surface area contributed by atoms with E-state index in [4.69, 9.17) is 5.73 Å². The monoisotopic (exact) mass is 260 g/mol. The summed E-state index contributed by atoms with van der Waals surface area (Å²) in [5.41, 5.74) is 10.0. The summed E-state index contributed by atoms with van der Waals surface area (Å²) < 4.78 is 4.24. The van der Waals surface area contributed by atoms with Gasteiger partial charge in [0.15, 0.2) is 0 Å². The van der Waals surface area contributed by atoms with Crippen LogP contribution in [0.2, 0.25) is 0 Å². The van der Waals surface area contributed by atoms with E-state index in [1.807, 2.05) is 37.3 Å². The fourth-order valence-corrected chi connectivity index (χ4v) is 2.16. The maximum Gasteiger partial charge on any atom is 0.332 e. The number of nitrogens with zero attached hydrogens (tertiary/aromatic N) is 2. The highest BCUT2D eigenvalue weighted by Crippen LogP contribution is 2.24. The molecule has 0 spiro atoms. The molecule has 0 aliphatic heterocycles. The fraction of sp³-hybridized carbons (Fsp3) is 0.0833. The van der Waals surface area contributed by atoms with Crippen LogP contribution in [0.3, 0.4) is 0 Å². The Balaban J connectivity index is 2.10. The van der Waals surface area contributed by atoms with Crippen LogP contribution in [0.1, 0.15) is 11.3 Å². The summed E-state index contributed by atoms with van der Waals surface area (Å²) in [5, 5.41) is 3.69. The van der Waals surface area contributed by atoms with E-state index in [9.17, 15) is 4.79 Å². The molecule has 0 aliphatic rings. The zero-order valence-electron chi connectivity index (χ0n) is 9.75. The lowest BCUT2D eigenvalue weighted by molar-refractivity contribution is 0.249. The van der Waals surface area contributed by atoms with Gasteiger partial charge in [0, 0.05) is 0 Å². The molecule has 0 saturated carbocycles. The Morgan fingerprint density at radius 2 is 2.17 bits per heavy atom. The molecule has 2 rings (SSSR count). The van der Waals surface area contributed by atoms with Gasteiger partial charge in [-0.15, -0.1) is 0 Å². The van der Waals surface area contributed by atoms with E-state index in [-0.39, 0.29) is 0 Å². The molecule has 0 bridgehead atoms. The number of primary amides is 1. The Morgan fingerprint density at radius 1 is 1.44 bits per heavy atom. The Labute approximate surface area is 109 Å². The molecule has 6 heteroatoms. The third kappa shape index (κ3) is 3.14. The number of nitrogens with two attached hydrogens (primary N) is 1. The van der Waals surface area contributed by atoms with Crippen molar-refractivity contribution in [2.45, 2.75) is 6.92 Å². The van der Waals surface area contributed by atoms with E-state index >= 15 is 0 Å². The minimum atomic E-state index is -0.678. The van der Waals surface area contributed by atoms with Crippen molar-refractivity contribution in [2.75, 3.05) is 0 Å². The van der Waals surface area contributed by atoms with Crippen molar-refractivity contribution in [2.24, 2.45) is 10.8 Å². The first-order chi connectivity index (χ1) is 8.65. The molecule has 2 aromatic rings. The van der Waals surface area contributed by atoms with Crippen LogP contribution in [0.15, 0.2) is 35.4 Å². The number of carbonyl (C=O) groups excluding carboxylic acids is 1. The number of nitrogens with one attached hydrogen (secondary N) is 1. The highest BCUT2D eigenvalue weighted by atomic mass is 32.1. The zero-order valence-corrected chi connectivity index (χ0v) is 10.6. The normalized spacial score (nSPS) is 10.7. The second kappa shape index (κ2) is 5.42. The minimum Gasteiger partial charge on any atom is -0.350 e. The van der Waals surface area contributed by atoms with E-state index in [2.05, 4.69) is 14.9 Å². The van der Waals surface area contributed by atoms with Gasteiger partial charge in [0.1, 0.15) is 0 Å². The predicted molar refractivity (Wildman–Crippen MR) is 72.6 cm³/mol. The number of rotatable bonds is 3. The summed E-state index contributed by atoms with van der Waals surface area (Å²) in [7, 11) is 0. The van der Waals surface area contributed by atoms with Crippen LogP contribution in [0.25, 0.3) is 10.4 Å². The topological polar surface area (TPSA) is 80.4 Å². The standard InChI is InChI=1S/C12H12N4OS/c1-8-6-11(18-16-8)10-4-2-9(3-5-10)7-14-15-12(13)17/h2-7H,1H3,(H3,13,15,17). The maximum absolute atomic E-state index is 10.4. The SMILES string of the molecule is Cc1cc(-c2ccc(C=NNC(N)=O)cc2)sn1. The minimum absolute atomic E-state index is 0.678. The third-order valence-corrected chi connectivity index (χ3v) is 3.14. The number of urea groups is 1. The number of amides is 2. The highest BCUT2D eigenvalue weighted by molar-refractivity contribution is 7.09. The molecule has 18 heavy (non-hydrogen) atoms. The van der Waals surface area contributed by atoms with Gasteiger partial charge >= 0.3 is 6.03 Å². The second-order valence-corrected chi connectivity index (χ2v) is 4.49. The summed E-state index contributed by atoms with van der Waals surface area (Å²) in [6, 6.07) is 9.16. The maximum atomic E-state index is 10.4. The number of aromatic nitrogens is 1. The molecule has 2 amide bonds. The van der Waals surface area contributed by atoms with Crippen molar-refractivity contribution in [3.8, 4) is 10.4 Å². The number of hydrogen-bond acceptors (Lipinski definition) is 4. The average molecular weight is 260 g/mol. The van der Waals surface area contributed by atoms with Crippen molar-refractivity contribution >= 4 is 23.8 Å². The van der Waals surface area contributed by atoms with Crippen LogP contribution in [0, 0.1) is 6.92 Å². The van der Waals surface area contributed by atoms with Crippen LogP contribution in [0.4, 0.5) is 4.79 Å². The van der Waals surface area contributed by atoms with Crippen molar-refractivity contribution in [1.82, 2.24) is 9.80 Å². The van der Waals surface area contributed by atoms with Crippen LogP contribution in [0.5, 0.6) is 0 Å². The van der Waals surface area contributed by atoms with Gasteiger partial charge in [0.25, 0.3) is 0 Å². The first-order valence-electron chi connectivity index (χ1n) is 5.27. The van der Waals surface area contributed by atoms with Crippen molar-refractivity contribution < 1.29 is 4.79 Å². The lowest BCUT2D eigenvalue weighted by Gasteiger charge is -1.97. The molecule has 1 aromatic carbocycles. The predicted octanol–water partition coefficient (Wildman–Crippen LogP) is 2.12. The van der Waals surface area contributed by atoms with Gasteiger partial charge in [-0.05, 0) is 35.6 Å². The van der Waals surface area contributed by atoms with E-state index < -0.39 is 6.03 Å². The quantitative estimate of drug-likeness (QED) is 0.654. The Morgan fingerprint density at radius 3 is 2.72 bits per heavy atom. The van der Waals surface area contributed by atoms with Crippen molar-refractivity contribution in [1.29, 1.82) is 0 Å². The van der Waals surface area contributed by atoms with Crippen LogP contribution in [-0.2, 0) is 0 Å². The molecule has 1 heterocycles. The van der Waals surface area contributed by atoms with Gasteiger partial charge in [-0.3, -0.25) is 0 Å². The molecule has 0 atom stereocenters. The van der Waals surface area contributed by atoms with Crippen LogP contribution >= 0.6 is 11.5 Å². The first kappa shape index (κ1) is 12.3. The summed E-state index contributed by atoms with van der Waals surface area (Å²) in [6.07, 6.45) is 1.53. The molecule has 0 unspecified atom stereocenters. The third-order valence-electron chi connectivity index (χ3n) is 2.21. The number of benzene rings is 1. The molecular weight excluding hydrogens is 248 g/mol.